The van der Waals surface area contributed by atoms with E-state index in [1.165, 1.54) is 19.3 Å². The Morgan fingerprint density at radius 2 is 1.76 bits per heavy atom. The molecule has 0 N–H and O–H groups in total. The fraction of sp³-hybridized carbons (Fsp3) is 0.476. The van der Waals surface area contributed by atoms with E-state index in [1.807, 2.05) is 32.0 Å². The minimum Gasteiger partial charge on any atom is -0.245 e. The highest BCUT2D eigenvalue weighted by Gasteiger charge is 2.30. The van der Waals surface area contributed by atoms with Crippen LogP contribution in [0.3, 0.4) is 0 Å². The van der Waals surface area contributed by atoms with E-state index in [2.05, 4.69) is 11.9 Å². The lowest BCUT2D eigenvalue weighted by Gasteiger charge is -2.20. The van der Waals surface area contributed by atoms with Crippen LogP contribution in [0, 0.1) is 13.8 Å². The second-order valence-electron chi connectivity index (χ2n) is 6.76. The van der Waals surface area contributed by atoms with E-state index in [1.54, 1.807) is 24.4 Å². The standard InChI is InChI=1S/C21H29NO2S/c1-4-5-6-7-8-11-20(19-16-17(2)13-14-18(19)3)25(23,24)21-12-9-10-15-22-21/h9-10,12-16,20H,4-8,11H2,1-3H3. The van der Waals surface area contributed by atoms with Gasteiger partial charge in [-0.1, -0.05) is 68.9 Å². The van der Waals surface area contributed by atoms with Gasteiger partial charge in [-0.2, -0.15) is 0 Å². The third-order valence-corrected chi connectivity index (χ3v) is 6.72. The predicted molar refractivity (Wildman–Crippen MR) is 103 cm³/mol. The van der Waals surface area contributed by atoms with Gasteiger partial charge < -0.3 is 0 Å². The number of benzene rings is 1. The molecule has 0 radical (unpaired) electrons. The highest BCUT2D eigenvalue weighted by molar-refractivity contribution is 7.91. The number of hydrogen-bond acceptors (Lipinski definition) is 3. The predicted octanol–water partition coefficient (Wildman–Crippen LogP) is 5.57. The van der Waals surface area contributed by atoms with Crippen LogP contribution in [-0.2, 0) is 9.84 Å². The summed E-state index contributed by atoms with van der Waals surface area (Å²) in [5, 5.41) is -0.349. The Hall–Kier alpha value is -1.68. The quantitative estimate of drug-likeness (QED) is 0.550. The number of nitrogens with zero attached hydrogens (tertiary/aromatic N) is 1. The van der Waals surface area contributed by atoms with Gasteiger partial charge in [0.25, 0.3) is 0 Å². The maximum absolute atomic E-state index is 13.3. The van der Waals surface area contributed by atoms with Gasteiger partial charge in [0.2, 0.25) is 9.84 Å². The highest BCUT2D eigenvalue weighted by atomic mass is 32.2. The minimum absolute atomic E-state index is 0.175. The number of pyridine rings is 1. The molecule has 1 atom stereocenters. The van der Waals surface area contributed by atoms with Crippen LogP contribution >= 0.6 is 0 Å². The monoisotopic (exact) mass is 359 g/mol. The summed E-state index contributed by atoms with van der Waals surface area (Å²) in [6, 6.07) is 11.2. The third kappa shape index (κ3) is 5.15. The molecule has 2 aromatic rings. The molecule has 0 saturated heterocycles. The Bertz CT molecular complexity index is 770. The van der Waals surface area contributed by atoms with E-state index in [0.29, 0.717) is 6.42 Å². The average molecular weight is 360 g/mol. The first-order chi connectivity index (χ1) is 12.0. The lowest BCUT2D eigenvalue weighted by molar-refractivity contribution is 0.552. The zero-order valence-corrected chi connectivity index (χ0v) is 16.3. The third-order valence-electron chi connectivity index (χ3n) is 4.66. The van der Waals surface area contributed by atoms with Crippen molar-refractivity contribution in [3.8, 4) is 0 Å². The smallest absolute Gasteiger partial charge is 0.202 e. The van der Waals surface area contributed by atoms with Crippen LogP contribution in [0.1, 0.15) is 67.4 Å². The molecular weight excluding hydrogens is 330 g/mol. The normalized spacial score (nSPS) is 12.9. The summed E-state index contributed by atoms with van der Waals surface area (Å²) in [4.78, 5) is 4.12. The van der Waals surface area contributed by atoms with Crippen molar-refractivity contribution in [3.63, 3.8) is 0 Å². The zero-order chi connectivity index (χ0) is 18.3. The molecule has 0 spiro atoms. The molecular formula is C21H29NO2S. The topological polar surface area (TPSA) is 47.0 Å². The van der Waals surface area contributed by atoms with Crippen molar-refractivity contribution >= 4 is 9.84 Å². The number of sulfone groups is 1. The zero-order valence-electron chi connectivity index (χ0n) is 15.5. The Morgan fingerprint density at radius 3 is 2.44 bits per heavy atom. The number of rotatable bonds is 9. The maximum atomic E-state index is 13.3. The largest absolute Gasteiger partial charge is 0.245 e. The van der Waals surface area contributed by atoms with Gasteiger partial charge in [-0.3, -0.25) is 0 Å². The molecule has 0 fully saturated rings. The van der Waals surface area contributed by atoms with Crippen LogP contribution in [0.15, 0.2) is 47.6 Å². The number of aryl methyl sites for hydroxylation is 2. The van der Waals surface area contributed by atoms with Crippen LogP contribution in [-0.4, -0.2) is 13.4 Å². The lowest BCUT2D eigenvalue weighted by atomic mass is 9.99. The van der Waals surface area contributed by atoms with E-state index in [-0.39, 0.29) is 5.03 Å². The van der Waals surface area contributed by atoms with Crippen LogP contribution in [0.4, 0.5) is 0 Å². The van der Waals surface area contributed by atoms with Crippen LogP contribution in [0.25, 0.3) is 0 Å². The van der Waals surface area contributed by atoms with Gasteiger partial charge in [0.1, 0.15) is 0 Å². The molecule has 0 amide bonds. The van der Waals surface area contributed by atoms with E-state index in [9.17, 15) is 8.42 Å². The van der Waals surface area contributed by atoms with Crippen molar-refractivity contribution in [1.82, 2.24) is 4.98 Å². The molecule has 25 heavy (non-hydrogen) atoms. The Labute approximate surface area is 152 Å². The first-order valence-electron chi connectivity index (χ1n) is 9.19. The molecule has 4 heteroatoms. The molecule has 1 unspecified atom stereocenters. The SMILES string of the molecule is CCCCCCCC(c1cc(C)ccc1C)S(=O)(=O)c1ccccn1. The lowest BCUT2D eigenvalue weighted by Crippen LogP contribution is -2.16. The van der Waals surface area contributed by atoms with Gasteiger partial charge in [-0.25, -0.2) is 13.4 Å². The van der Waals surface area contributed by atoms with Crippen molar-refractivity contribution in [2.24, 2.45) is 0 Å². The van der Waals surface area contributed by atoms with E-state index >= 15 is 0 Å². The van der Waals surface area contributed by atoms with E-state index in [4.69, 9.17) is 0 Å². The minimum atomic E-state index is -3.50. The molecule has 1 aromatic carbocycles. The Morgan fingerprint density at radius 1 is 1.00 bits per heavy atom. The van der Waals surface area contributed by atoms with Gasteiger partial charge in [0.05, 0.1) is 5.25 Å². The fourth-order valence-corrected chi connectivity index (χ4v) is 5.01. The molecule has 0 aliphatic heterocycles. The molecule has 2 rings (SSSR count). The number of unbranched alkanes of at least 4 members (excludes halogenated alkanes) is 4. The second kappa shape index (κ2) is 9.14. The molecule has 0 saturated carbocycles. The van der Waals surface area contributed by atoms with E-state index in [0.717, 1.165) is 29.5 Å². The molecule has 0 bridgehead atoms. The van der Waals surface area contributed by atoms with Gasteiger partial charge in [0, 0.05) is 6.20 Å². The van der Waals surface area contributed by atoms with Crippen molar-refractivity contribution < 1.29 is 8.42 Å². The molecule has 1 heterocycles. The second-order valence-corrected chi connectivity index (χ2v) is 8.84. The molecule has 136 valence electrons. The highest BCUT2D eigenvalue weighted by Crippen LogP contribution is 2.35. The van der Waals surface area contributed by atoms with Crippen molar-refractivity contribution in [1.29, 1.82) is 0 Å². The summed E-state index contributed by atoms with van der Waals surface area (Å²) in [6.45, 7) is 6.19. The Kier molecular flexibility index (Phi) is 7.18. The summed E-state index contributed by atoms with van der Waals surface area (Å²) >= 11 is 0. The molecule has 0 aliphatic rings. The average Bonchev–Trinajstić information content (AvgIpc) is 2.61. The summed E-state index contributed by atoms with van der Waals surface area (Å²) in [5.74, 6) is 0. The number of hydrogen-bond donors (Lipinski definition) is 0. The van der Waals surface area contributed by atoms with Gasteiger partial charge in [0.15, 0.2) is 5.03 Å². The van der Waals surface area contributed by atoms with Crippen molar-refractivity contribution in [3.05, 3.63) is 59.3 Å². The first kappa shape index (κ1) is 19.6. The van der Waals surface area contributed by atoms with Gasteiger partial charge in [-0.15, -0.1) is 0 Å². The summed E-state index contributed by atoms with van der Waals surface area (Å²) in [5.41, 5.74) is 3.04. The van der Waals surface area contributed by atoms with Gasteiger partial charge >= 0.3 is 0 Å². The summed E-state index contributed by atoms with van der Waals surface area (Å²) < 4.78 is 26.5. The van der Waals surface area contributed by atoms with Crippen molar-refractivity contribution in [2.75, 3.05) is 0 Å². The van der Waals surface area contributed by atoms with Crippen LogP contribution < -0.4 is 0 Å². The summed E-state index contributed by atoms with van der Waals surface area (Å²) in [7, 11) is -3.50. The Balaban J connectivity index is 2.33. The fourth-order valence-electron chi connectivity index (χ4n) is 3.18. The first-order valence-corrected chi connectivity index (χ1v) is 10.7. The van der Waals surface area contributed by atoms with Crippen molar-refractivity contribution in [2.45, 2.75) is 69.6 Å². The maximum Gasteiger partial charge on any atom is 0.202 e. The molecule has 1 aromatic heterocycles. The molecule has 3 nitrogen and oxygen atoms in total. The summed E-state index contributed by atoms with van der Waals surface area (Å²) in [6.07, 6.45) is 7.76. The number of aromatic nitrogens is 1. The van der Waals surface area contributed by atoms with Gasteiger partial charge in [-0.05, 0) is 43.5 Å². The molecule has 0 aliphatic carbocycles. The van der Waals surface area contributed by atoms with Crippen LogP contribution in [0.2, 0.25) is 0 Å². The van der Waals surface area contributed by atoms with E-state index < -0.39 is 15.1 Å². The van der Waals surface area contributed by atoms with Crippen LogP contribution in [0.5, 0.6) is 0 Å².